The van der Waals surface area contributed by atoms with Crippen molar-refractivity contribution >= 4 is 23.1 Å². The van der Waals surface area contributed by atoms with Crippen LogP contribution in [0.2, 0.25) is 0 Å². The third-order valence-electron chi connectivity index (χ3n) is 3.81. The van der Waals surface area contributed by atoms with E-state index in [1.165, 1.54) is 37.3 Å². The maximum absolute atomic E-state index is 13.1. The Balaban J connectivity index is 2.07. The summed E-state index contributed by atoms with van der Waals surface area (Å²) in [4.78, 5) is 28.3. The number of rotatable bonds is 5. The highest BCUT2D eigenvalue weighted by molar-refractivity contribution is 7.13. The van der Waals surface area contributed by atoms with E-state index < -0.39 is 23.8 Å². The minimum atomic E-state index is -4.53. The molecule has 10 heteroatoms. The number of benzene rings is 1. The Labute approximate surface area is 161 Å². The molecular weight excluding hydrogens is 395 g/mol. The van der Waals surface area contributed by atoms with Gasteiger partial charge in [0, 0.05) is 0 Å². The van der Waals surface area contributed by atoms with Crippen LogP contribution in [0.15, 0.2) is 41.8 Å². The molecule has 0 aliphatic carbocycles. The molecule has 1 unspecified atom stereocenters. The van der Waals surface area contributed by atoms with Crippen molar-refractivity contribution < 1.29 is 27.5 Å². The molecule has 146 valence electrons. The van der Waals surface area contributed by atoms with Crippen LogP contribution >= 0.6 is 11.3 Å². The first-order chi connectivity index (χ1) is 13.2. The van der Waals surface area contributed by atoms with Crippen molar-refractivity contribution in [2.75, 3.05) is 0 Å². The van der Waals surface area contributed by atoms with E-state index in [0.29, 0.717) is 4.88 Å². The molecule has 3 aromatic rings. The molecule has 0 bridgehead atoms. The van der Waals surface area contributed by atoms with Crippen molar-refractivity contribution in [1.29, 1.82) is 0 Å². The smallest absolute Gasteiger partial charge is 0.416 e. The second kappa shape index (κ2) is 7.55. The molecule has 28 heavy (non-hydrogen) atoms. The lowest BCUT2D eigenvalue weighted by Gasteiger charge is -2.09. The molecule has 1 aromatic carbocycles. The van der Waals surface area contributed by atoms with Gasteiger partial charge in [-0.3, -0.25) is 4.79 Å². The number of hydrogen-bond donors (Lipinski definition) is 0. The van der Waals surface area contributed by atoms with Gasteiger partial charge in [0.15, 0.2) is 17.7 Å². The average molecular weight is 409 g/mol. The summed E-state index contributed by atoms with van der Waals surface area (Å²) in [5, 5.41) is 5.79. The Bertz CT molecular complexity index is 1010. The lowest BCUT2D eigenvalue weighted by molar-refractivity contribution is -0.137. The summed E-state index contributed by atoms with van der Waals surface area (Å²) in [7, 11) is 0. The minimum absolute atomic E-state index is 0.0874. The summed E-state index contributed by atoms with van der Waals surface area (Å²) < 4.78 is 45.3. The molecule has 0 N–H and O–H groups in total. The number of alkyl halides is 3. The topological polar surface area (TPSA) is 74.1 Å². The Morgan fingerprint density at radius 3 is 2.57 bits per heavy atom. The zero-order valence-corrected chi connectivity index (χ0v) is 15.5. The number of ketones is 1. The van der Waals surface area contributed by atoms with Gasteiger partial charge in [-0.05, 0) is 43.5 Å². The maximum Gasteiger partial charge on any atom is 0.416 e. The van der Waals surface area contributed by atoms with Gasteiger partial charge in [-0.1, -0.05) is 12.1 Å². The largest absolute Gasteiger partial charge is 0.449 e. The highest BCUT2D eigenvalue weighted by atomic mass is 32.1. The number of hydrogen-bond acceptors (Lipinski definition) is 6. The molecule has 0 amide bonds. The van der Waals surface area contributed by atoms with Crippen LogP contribution in [0.1, 0.15) is 30.0 Å². The van der Waals surface area contributed by atoms with Crippen LogP contribution < -0.4 is 0 Å². The van der Waals surface area contributed by atoms with Gasteiger partial charge < -0.3 is 4.74 Å². The van der Waals surface area contributed by atoms with Gasteiger partial charge in [0.2, 0.25) is 0 Å². The molecule has 2 heterocycles. The highest BCUT2D eigenvalue weighted by Crippen LogP contribution is 2.32. The summed E-state index contributed by atoms with van der Waals surface area (Å²) in [6.07, 6.45) is -5.52. The van der Waals surface area contributed by atoms with Crippen LogP contribution in [0.25, 0.3) is 16.4 Å². The fourth-order valence-corrected chi connectivity index (χ4v) is 2.95. The van der Waals surface area contributed by atoms with Crippen molar-refractivity contribution in [3.63, 3.8) is 0 Å². The van der Waals surface area contributed by atoms with Gasteiger partial charge in [0.1, 0.15) is 0 Å². The van der Waals surface area contributed by atoms with Gasteiger partial charge in [-0.15, -0.1) is 16.4 Å². The van der Waals surface area contributed by atoms with Gasteiger partial charge in [0.05, 0.1) is 16.1 Å². The molecule has 0 saturated heterocycles. The number of esters is 1. The first-order valence-electron chi connectivity index (χ1n) is 8.07. The average Bonchev–Trinajstić information content (AvgIpc) is 3.30. The van der Waals surface area contributed by atoms with Gasteiger partial charge >= 0.3 is 12.1 Å². The Hall–Kier alpha value is -3.01. The van der Waals surface area contributed by atoms with E-state index in [1.54, 1.807) is 17.5 Å². The quantitative estimate of drug-likeness (QED) is 0.592. The standard InChI is InChI=1S/C18H14F3N3O3S/c1-10(25)11(2)27-17(26)15-22-16(14-7-4-8-28-14)24(23-15)13-6-3-5-12(9-13)18(19,20)21/h3-9,11H,1-2H3. The number of ether oxygens (including phenoxy) is 1. The van der Waals surface area contributed by atoms with Crippen molar-refractivity contribution in [1.82, 2.24) is 14.8 Å². The summed E-state index contributed by atoms with van der Waals surface area (Å²) in [5.74, 6) is -1.46. The fraction of sp³-hybridized carbons (Fsp3) is 0.222. The van der Waals surface area contributed by atoms with Crippen LogP contribution in [0.5, 0.6) is 0 Å². The maximum atomic E-state index is 13.1. The molecule has 0 fully saturated rings. The minimum Gasteiger partial charge on any atom is -0.449 e. The van der Waals surface area contributed by atoms with E-state index in [1.807, 2.05) is 0 Å². The summed E-state index contributed by atoms with van der Waals surface area (Å²) in [6, 6.07) is 7.96. The second-order valence-electron chi connectivity index (χ2n) is 5.85. The molecule has 6 nitrogen and oxygen atoms in total. The SMILES string of the molecule is CC(=O)C(C)OC(=O)c1nc(-c2cccs2)n(-c2cccc(C(F)(F)F)c2)n1. The predicted octanol–water partition coefficient (Wildman–Crippen LogP) is 4.15. The van der Waals surface area contributed by atoms with Crippen LogP contribution in [-0.4, -0.2) is 32.6 Å². The number of carbonyl (C=O) groups is 2. The van der Waals surface area contributed by atoms with Crippen molar-refractivity contribution in [3.8, 4) is 16.4 Å². The highest BCUT2D eigenvalue weighted by Gasteiger charge is 2.31. The number of nitrogens with zero attached hydrogens (tertiary/aromatic N) is 3. The molecule has 3 rings (SSSR count). The van der Waals surface area contributed by atoms with Gasteiger partial charge in [0.25, 0.3) is 5.82 Å². The van der Waals surface area contributed by atoms with E-state index in [9.17, 15) is 22.8 Å². The second-order valence-corrected chi connectivity index (χ2v) is 6.80. The molecule has 0 radical (unpaired) electrons. The van der Waals surface area contributed by atoms with E-state index >= 15 is 0 Å². The van der Waals surface area contributed by atoms with Crippen molar-refractivity contribution in [2.24, 2.45) is 0 Å². The summed E-state index contributed by atoms with van der Waals surface area (Å²) in [6.45, 7) is 2.67. The Morgan fingerprint density at radius 2 is 1.96 bits per heavy atom. The Kier molecular flexibility index (Phi) is 5.32. The molecule has 1 atom stereocenters. The van der Waals surface area contributed by atoms with Crippen LogP contribution in [0.4, 0.5) is 13.2 Å². The third-order valence-corrected chi connectivity index (χ3v) is 4.67. The molecule has 0 saturated carbocycles. The van der Waals surface area contributed by atoms with Crippen molar-refractivity contribution in [2.45, 2.75) is 26.1 Å². The number of aromatic nitrogens is 3. The zero-order chi connectivity index (χ0) is 20.5. The molecular formula is C18H14F3N3O3S. The molecule has 2 aromatic heterocycles. The van der Waals surface area contributed by atoms with E-state index in [-0.39, 0.29) is 23.1 Å². The van der Waals surface area contributed by atoms with E-state index in [0.717, 1.165) is 16.8 Å². The number of carbonyl (C=O) groups excluding carboxylic acids is 2. The molecule has 0 aliphatic rings. The van der Waals surface area contributed by atoms with Crippen LogP contribution in [-0.2, 0) is 15.7 Å². The van der Waals surface area contributed by atoms with Gasteiger partial charge in [-0.2, -0.15) is 18.2 Å². The first kappa shape index (κ1) is 19.7. The zero-order valence-electron chi connectivity index (χ0n) is 14.7. The molecule has 0 aliphatic heterocycles. The Morgan fingerprint density at radius 1 is 1.21 bits per heavy atom. The fourth-order valence-electron chi connectivity index (χ4n) is 2.25. The predicted molar refractivity (Wildman–Crippen MR) is 95.2 cm³/mol. The van der Waals surface area contributed by atoms with Crippen molar-refractivity contribution in [3.05, 3.63) is 53.2 Å². The van der Waals surface area contributed by atoms with E-state index in [2.05, 4.69) is 10.1 Å². The van der Waals surface area contributed by atoms with E-state index in [4.69, 9.17) is 4.74 Å². The number of halogens is 3. The normalized spacial score (nSPS) is 12.6. The first-order valence-corrected chi connectivity index (χ1v) is 8.95. The summed E-state index contributed by atoms with van der Waals surface area (Å²) in [5.41, 5.74) is -0.767. The summed E-state index contributed by atoms with van der Waals surface area (Å²) >= 11 is 1.29. The van der Waals surface area contributed by atoms with Gasteiger partial charge in [-0.25, -0.2) is 9.48 Å². The lowest BCUT2D eigenvalue weighted by atomic mass is 10.2. The number of Topliss-reactive ketones (excluding diaryl/α,β-unsaturated/α-hetero) is 1. The lowest BCUT2D eigenvalue weighted by Crippen LogP contribution is -2.22. The molecule has 0 spiro atoms. The third kappa shape index (κ3) is 4.11. The monoisotopic (exact) mass is 409 g/mol. The van der Waals surface area contributed by atoms with Crippen LogP contribution in [0, 0.1) is 0 Å². The number of thiophene rings is 1. The van der Waals surface area contributed by atoms with Crippen LogP contribution in [0.3, 0.4) is 0 Å².